The smallest absolute Gasteiger partial charge is 0.416 e. The van der Waals surface area contributed by atoms with Gasteiger partial charge in [-0.1, -0.05) is 29.8 Å². The zero-order chi connectivity index (χ0) is 13.3. The third kappa shape index (κ3) is 2.64. The monoisotopic (exact) mass is 252 g/mol. The molecule has 2 aromatic rings. The maximum Gasteiger partial charge on any atom is 0.416 e. The lowest BCUT2D eigenvalue weighted by Crippen LogP contribution is -2.04. The summed E-state index contributed by atoms with van der Waals surface area (Å²) >= 11 is 0. The van der Waals surface area contributed by atoms with Gasteiger partial charge in [-0.15, -0.1) is 0 Å². The molecule has 2 aromatic carbocycles. The number of phenolic OH excluding ortho intramolecular Hbond substituents is 1. The Hall–Kier alpha value is -1.97. The van der Waals surface area contributed by atoms with Crippen molar-refractivity contribution in [1.29, 1.82) is 0 Å². The van der Waals surface area contributed by atoms with Crippen molar-refractivity contribution in [3.05, 3.63) is 53.6 Å². The van der Waals surface area contributed by atoms with E-state index >= 15 is 0 Å². The van der Waals surface area contributed by atoms with Crippen LogP contribution in [0.5, 0.6) is 5.75 Å². The van der Waals surface area contributed by atoms with Gasteiger partial charge in [-0.05, 0) is 36.2 Å². The van der Waals surface area contributed by atoms with Gasteiger partial charge in [0.25, 0.3) is 0 Å². The second-order valence-corrected chi connectivity index (χ2v) is 4.13. The summed E-state index contributed by atoms with van der Waals surface area (Å²) in [5, 5.41) is 9.37. The van der Waals surface area contributed by atoms with Crippen LogP contribution >= 0.6 is 0 Å². The topological polar surface area (TPSA) is 20.2 Å². The van der Waals surface area contributed by atoms with Gasteiger partial charge in [-0.25, -0.2) is 0 Å². The van der Waals surface area contributed by atoms with Gasteiger partial charge in [-0.3, -0.25) is 0 Å². The van der Waals surface area contributed by atoms with E-state index in [1.165, 1.54) is 6.07 Å². The van der Waals surface area contributed by atoms with E-state index in [-0.39, 0.29) is 5.75 Å². The van der Waals surface area contributed by atoms with Crippen LogP contribution in [0.1, 0.15) is 11.1 Å². The third-order valence-electron chi connectivity index (χ3n) is 2.63. The predicted octanol–water partition coefficient (Wildman–Crippen LogP) is 4.39. The quantitative estimate of drug-likeness (QED) is 0.798. The van der Waals surface area contributed by atoms with E-state index in [9.17, 15) is 18.3 Å². The van der Waals surface area contributed by atoms with Gasteiger partial charge in [0.1, 0.15) is 5.75 Å². The van der Waals surface area contributed by atoms with Gasteiger partial charge in [0.15, 0.2) is 0 Å². The Kier molecular flexibility index (Phi) is 3.03. The summed E-state index contributed by atoms with van der Waals surface area (Å²) in [7, 11) is 0. The standard InChI is InChI=1S/C14H11F3O/c1-9-2-4-10(5-3-9)11-6-12(14(15,16)17)8-13(18)7-11/h2-8,18H,1H3. The minimum atomic E-state index is -4.46. The fourth-order valence-electron chi connectivity index (χ4n) is 1.69. The van der Waals surface area contributed by atoms with E-state index < -0.39 is 11.7 Å². The highest BCUT2D eigenvalue weighted by Gasteiger charge is 2.31. The number of aryl methyl sites for hydroxylation is 1. The zero-order valence-corrected chi connectivity index (χ0v) is 9.62. The van der Waals surface area contributed by atoms with Gasteiger partial charge in [0.2, 0.25) is 0 Å². The van der Waals surface area contributed by atoms with E-state index in [0.29, 0.717) is 11.1 Å². The molecule has 0 atom stereocenters. The Balaban J connectivity index is 2.52. The molecule has 0 heterocycles. The van der Waals surface area contributed by atoms with Crippen molar-refractivity contribution in [1.82, 2.24) is 0 Å². The molecule has 1 nitrogen and oxygen atoms in total. The molecule has 0 unspecified atom stereocenters. The molecule has 0 bridgehead atoms. The Bertz CT molecular complexity index is 556. The van der Waals surface area contributed by atoms with Gasteiger partial charge in [0.05, 0.1) is 5.56 Å². The summed E-state index contributed by atoms with van der Waals surface area (Å²) in [5.41, 5.74) is 1.16. The number of hydrogen-bond acceptors (Lipinski definition) is 1. The average Bonchev–Trinajstić information content (AvgIpc) is 2.28. The molecular weight excluding hydrogens is 241 g/mol. The van der Waals surface area contributed by atoms with E-state index in [4.69, 9.17) is 0 Å². The van der Waals surface area contributed by atoms with Gasteiger partial charge in [0, 0.05) is 0 Å². The van der Waals surface area contributed by atoms with Crippen LogP contribution in [-0.4, -0.2) is 5.11 Å². The first kappa shape index (κ1) is 12.5. The SMILES string of the molecule is Cc1ccc(-c2cc(O)cc(C(F)(F)F)c2)cc1. The fourth-order valence-corrected chi connectivity index (χ4v) is 1.69. The lowest BCUT2D eigenvalue weighted by atomic mass is 10.0. The normalized spacial score (nSPS) is 11.6. The molecule has 4 heteroatoms. The van der Waals surface area contributed by atoms with Crippen molar-refractivity contribution >= 4 is 0 Å². The summed E-state index contributed by atoms with van der Waals surface area (Å²) < 4.78 is 37.8. The summed E-state index contributed by atoms with van der Waals surface area (Å²) in [6, 6.07) is 10.1. The molecule has 0 spiro atoms. The van der Waals surface area contributed by atoms with Crippen LogP contribution in [-0.2, 0) is 6.18 Å². The fraction of sp³-hybridized carbons (Fsp3) is 0.143. The molecule has 0 saturated heterocycles. The first-order valence-corrected chi connectivity index (χ1v) is 5.34. The van der Waals surface area contributed by atoms with Crippen molar-refractivity contribution in [2.24, 2.45) is 0 Å². The number of rotatable bonds is 1. The third-order valence-corrected chi connectivity index (χ3v) is 2.63. The predicted molar refractivity (Wildman–Crippen MR) is 63.3 cm³/mol. The minimum Gasteiger partial charge on any atom is -0.508 e. The summed E-state index contributed by atoms with van der Waals surface area (Å²) in [4.78, 5) is 0. The Labute approximate surface area is 103 Å². The van der Waals surface area contributed by atoms with E-state index in [2.05, 4.69) is 0 Å². The molecule has 0 aliphatic heterocycles. The molecule has 0 aliphatic carbocycles. The number of alkyl halides is 3. The molecular formula is C14H11F3O. The molecule has 18 heavy (non-hydrogen) atoms. The highest BCUT2D eigenvalue weighted by Crippen LogP contribution is 2.35. The largest absolute Gasteiger partial charge is 0.508 e. The van der Waals surface area contributed by atoms with Crippen LogP contribution < -0.4 is 0 Å². The molecule has 0 saturated carbocycles. The Morgan fingerprint density at radius 1 is 0.889 bits per heavy atom. The number of hydrogen-bond donors (Lipinski definition) is 1. The average molecular weight is 252 g/mol. The van der Waals surface area contributed by atoms with Crippen molar-refractivity contribution in [3.8, 4) is 16.9 Å². The van der Waals surface area contributed by atoms with Crippen LogP contribution in [0.4, 0.5) is 13.2 Å². The molecule has 0 amide bonds. The molecule has 0 aromatic heterocycles. The second kappa shape index (κ2) is 4.37. The molecule has 0 fully saturated rings. The molecule has 1 N–H and O–H groups in total. The molecule has 94 valence electrons. The van der Waals surface area contributed by atoms with Crippen molar-refractivity contribution in [3.63, 3.8) is 0 Å². The van der Waals surface area contributed by atoms with E-state index in [0.717, 1.165) is 17.7 Å². The number of benzene rings is 2. The maximum absolute atomic E-state index is 12.6. The van der Waals surface area contributed by atoms with Crippen LogP contribution in [0.15, 0.2) is 42.5 Å². The highest BCUT2D eigenvalue weighted by molar-refractivity contribution is 5.66. The lowest BCUT2D eigenvalue weighted by molar-refractivity contribution is -0.137. The number of phenols is 1. The second-order valence-electron chi connectivity index (χ2n) is 4.13. The van der Waals surface area contributed by atoms with E-state index in [1.54, 1.807) is 12.1 Å². The van der Waals surface area contributed by atoms with Gasteiger partial charge >= 0.3 is 6.18 Å². The van der Waals surface area contributed by atoms with Crippen LogP contribution in [0.25, 0.3) is 11.1 Å². The molecule has 2 rings (SSSR count). The first-order chi connectivity index (χ1) is 8.36. The summed E-state index contributed by atoms with van der Waals surface area (Å²) in [5.74, 6) is -0.389. The number of halogens is 3. The highest BCUT2D eigenvalue weighted by atomic mass is 19.4. The van der Waals surface area contributed by atoms with Gasteiger partial charge in [-0.2, -0.15) is 13.2 Å². The van der Waals surface area contributed by atoms with Crippen molar-refractivity contribution in [2.45, 2.75) is 13.1 Å². The molecule has 0 radical (unpaired) electrons. The number of aromatic hydroxyl groups is 1. The molecule has 0 aliphatic rings. The van der Waals surface area contributed by atoms with Crippen LogP contribution in [0.3, 0.4) is 0 Å². The lowest BCUT2D eigenvalue weighted by Gasteiger charge is -2.10. The first-order valence-electron chi connectivity index (χ1n) is 5.34. The summed E-state index contributed by atoms with van der Waals surface area (Å²) in [6.07, 6.45) is -4.46. The maximum atomic E-state index is 12.6. The zero-order valence-electron chi connectivity index (χ0n) is 9.62. The van der Waals surface area contributed by atoms with Gasteiger partial charge < -0.3 is 5.11 Å². The van der Waals surface area contributed by atoms with Crippen LogP contribution in [0.2, 0.25) is 0 Å². The Morgan fingerprint density at radius 2 is 1.50 bits per heavy atom. The summed E-state index contributed by atoms with van der Waals surface area (Å²) in [6.45, 7) is 1.90. The minimum absolute atomic E-state index is 0.349. The van der Waals surface area contributed by atoms with Crippen molar-refractivity contribution in [2.75, 3.05) is 0 Å². The van der Waals surface area contributed by atoms with Crippen molar-refractivity contribution < 1.29 is 18.3 Å². The van der Waals surface area contributed by atoms with E-state index in [1.807, 2.05) is 19.1 Å². The van der Waals surface area contributed by atoms with Crippen LogP contribution in [0, 0.1) is 6.92 Å². The Morgan fingerprint density at radius 3 is 2.06 bits per heavy atom.